The van der Waals surface area contributed by atoms with Crippen LogP contribution in [0.1, 0.15) is 12.5 Å². The van der Waals surface area contributed by atoms with E-state index in [1.807, 2.05) is 6.92 Å². The molecule has 1 aliphatic rings. The van der Waals surface area contributed by atoms with Crippen molar-refractivity contribution < 1.29 is 13.2 Å². The lowest BCUT2D eigenvalue weighted by Crippen LogP contribution is -2.29. The van der Waals surface area contributed by atoms with Gasteiger partial charge in [-0.3, -0.25) is 0 Å². The highest BCUT2D eigenvalue weighted by Gasteiger charge is 2.22. The smallest absolute Gasteiger partial charge is 0.240 e. The molecule has 1 aliphatic heterocycles. The van der Waals surface area contributed by atoms with Gasteiger partial charge in [-0.1, -0.05) is 0 Å². The Balaban J connectivity index is 2.27. The number of hydrogen-bond donors (Lipinski definition) is 2. The van der Waals surface area contributed by atoms with Crippen LogP contribution < -0.4 is 15.2 Å². The number of nitrogens with two attached hydrogens (primary N) is 1. The largest absolute Gasteiger partial charge is 0.490 e. The van der Waals surface area contributed by atoms with Crippen LogP contribution in [0.5, 0.6) is 5.75 Å². The predicted octanol–water partition coefficient (Wildman–Crippen LogP) is 0.247. The van der Waals surface area contributed by atoms with Crippen molar-refractivity contribution in [1.29, 1.82) is 0 Å². The number of benzene rings is 1. The van der Waals surface area contributed by atoms with Crippen molar-refractivity contribution in [2.45, 2.75) is 24.3 Å². The molecular formula is C11H16N2O3S. The molecule has 0 aliphatic carbocycles. The first-order valence-corrected chi connectivity index (χ1v) is 7.00. The normalized spacial score (nSPS) is 18.8. The Labute approximate surface area is 101 Å². The van der Waals surface area contributed by atoms with Crippen LogP contribution in [0.3, 0.4) is 0 Å². The van der Waals surface area contributed by atoms with Crippen LogP contribution in [0, 0.1) is 0 Å². The first-order valence-electron chi connectivity index (χ1n) is 5.52. The van der Waals surface area contributed by atoms with Gasteiger partial charge in [0.25, 0.3) is 0 Å². The molecule has 5 nitrogen and oxygen atoms in total. The number of sulfonamides is 1. The summed E-state index contributed by atoms with van der Waals surface area (Å²) in [6, 6.07) is 4.92. The summed E-state index contributed by atoms with van der Waals surface area (Å²) in [5.41, 5.74) is 6.21. The third-order valence-electron chi connectivity index (χ3n) is 2.61. The van der Waals surface area contributed by atoms with Crippen molar-refractivity contribution >= 4 is 10.0 Å². The second kappa shape index (κ2) is 4.64. The van der Waals surface area contributed by atoms with Crippen molar-refractivity contribution in [1.82, 2.24) is 4.72 Å². The number of ether oxygens (including phenoxy) is 1. The highest BCUT2D eigenvalue weighted by Crippen LogP contribution is 2.30. The molecule has 1 unspecified atom stereocenters. The Hall–Kier alpha value is -1.11. The summed E-state index contributed by atoms with van der Waals surface area (Å²) in [5.74, 6) is 0.773. The number of rotatable bonds is 4. The third-order valence-corrected chi connectivity index (χ3v) is 4.07. The van der Waals surface area contributed by atoms with E-state index in [0.717, 1.165) is 17.7 Å². The van der Waals surface area contributed by atoms with Crippen LogP contribution in [0.15, 0.2) is 23.1 Å². The second-order valence-corrected chi connectivity index (χ2v) is 5.86. The number of hydrogen-bond acceptors (Lipinski definition) is 4. The molecule has 0 aromatic heterocycles. The van der Waals surface area contributed by atoms with E-state index in [1.165, 1.54) is 0 Å². The van der Waals surface area contributed by atoms with Gasteiger partial charge in [0.15, 0.2) is 0 Å². The zero-order valence-electron chi connectivity index (χ0n) is 9.64. The van der Waals surface area contributed by atoms with Gasteiger partial charge in [-0.15, -0.1) is 0 Å². The summed E-state index contributed by atoms with van der Waals surface area (Å²) >= 11 is 0. The van der Waals surface area contributed by atoms with Crippen molar-refractivity contribution in [2.75, 3.05) is 13.1 Å². The Morgan fingerprint density at radius 3 is 3.00 bits per heavy atom. The van der Waals surface area contributed by atoms with E-state index in [-0.39, 0.29) is 24.1 Å². The van der Waals surface area contributed by atoms with Gasteiger partial charge in [0.1, 0.15) is 11.9 Å². The minimum atomic E-state index is -3.45. The minimum Gasteiger partial charge on any atom is -0.490 e. The van der Waals surface area contributed by atoms with E-state index >= 15 is 0 Å². The minimum absolute atomic E-state index is 0.111. The quantitative estimate of drug-likeness (QED) is 0.809. The molecule has 0 fully saturated rings. The van der Waals surface area contributed by atoms with Gasteiger partial charge in [0, 0.05) is 19.5 Å². The van der Waals surface area contributed by atoms with Crippen LogP contribution >= 0.6 is 0 Å². The molecule has 3 N–H and O–H groups in total. The van der Waals surface area contributed by atoms with E-state index in [4.69, 9.17) is 10.5 Å². The molecule has 0 amide bonds. The van der Waals surface area contributed by atoms with Gasteiger partial charge in [0.2, 0.25) is 10.0 Å². The first kappa shape index (κ1) is 12.3. The van der Waals surface area contributed by atoms with E-state index < -0.39 is 10.0 Å². The SMILES string of the molecule is CC1Cc2cc(S(=O)(=O)NCCN)ccc2O1. The van der Waals surface area contributed by atoms with Gasteiger partial charge >= 0.3 is 0 Å². The van der Waals surface area contributed by atoms with E-state index in [0.29, 0.717) is 0 Å². The maximum absolute atomic E-state index is 11.9. The van der Waals surface area contributed by atoms with Gasteiger partial charge in [0.05, 0.1) is 4.90 Å². The second-order valence-electron chi connectivity index (χ2n) is 4.09. The summed E-state index contributed by atoms with van der Waals surface area (Å²) < 4.78 is 31.7. The highest BCUT2D eigenvalue weighted by atomic mass is 32.2. The van der Waals surface area contributed by atoms with Crippen molar-refractivity contribution in [3.63, 3.8) is 0 Å². The maximum atomic E-state index is 11.9. The lowest BCUT2D eigenvalue weighted by Gasteiger charge is -2.06. The van der Waals surface area contributed by atoms with Crippen molar-refractivity contribution in [3.8, 4) is 5.75 Å². The monoisotopic (exact) mass is 256 g/mol. The van der Waals surface area contributed by atoms with Gasteiger partial charge in [-0.05, 0) is 30.7 Å². The summed E-state index contributed by atoms with van der Waals surface area (Å²) in [5, 5.41) is 0. The Bertz CT molecular complexity index is 513. The van der Waals surface area contributed by atoms with E-state index in [1.54, 1.807) is 18.2 Å². The maximum Gasteiger partial charge on any atom is 0.240 e. The summed E-state index contributed by atoms with van der Waals surface area (Å²) in [6.45, 7) is 2.48. The molecule has 1 aromatic rings. The zero-order valence-corrected chi connectivity index (χ0v) is 10.5. The van der Waals surface area contributed by atoms with Crippen molar-refractivity contribution in [3.05, 3.63) is 23.8 Å². The molecule has 1 aromatic carbocycles. The standard InChI is InChI=1S/C11H16N2O3S/c1-8-6-9-7-10(2-3-11(9)16-8)17(14,15)13-5-4-12/h2-3,7-8,13H,4-6,12H2,1H3. The molecule has 6 heteroatoms. The fraction of sp³-hybridized carbons (Fsp3) is 0.455. The third kappa shape index (κ3) is 2.59. The number of fused-ring (bicyclic) bond motifs is 1. The fourth-order valence-electron chi connectivity index (χ4n) is 1.84. The summed E-state index contributed by atoms with van der Waals surface area (Å²) in [6.07, 6.45) is 0.857. The van der Waals surface area contributed by atoms with Crippen LogP contribution in [0.2, 0.25) is 0 Å². The van der Waals surface area contributed by atoms with Crippen LogP contribution in [0.25, 0.3) is 0 Å². The Morgan fingerprint density at radius 2 is 2.29 bits per heavy atom. The molecule has 1 atom stereocenters. The molecule has 0 saturated heterocycles. The predicted molar refractivity (Wildman–Crippen MR) is 64.5 cm³/mol. The summed E-state index contributed by atoms with van der Waals surface area (Å²) in [7, 11) is -3.45. The number of nitrogens with one attached hydrogen (secondary N) is 1. The first-order chi connectivity index (χ1) is 8.03. The Kier molecular flexibility index (Phi) is 3.37. The molecule has 1 heterocycles. The molecule has 0 saturated carbocycles. The molecule has 17 heavy (non-hydrogen) atoms. The lowest BCUT2D eigenvalue weighted by atomic mass is 10.1. The fourth-order valence-corrected chi connectivity index (χ4v) is 2.94. The van der Waals surface area contributed by atoms with Crippen LogP contribution in [0.4, 0.5) is 0 Å². The molecule has 0 radical (unpaired) electrons. The van der Waals surface area contributed by atoms with Crippen LogP contribution in [-0.4, -0.2) is 27.6 Å². The molecule has 0 spiro atoms. The molecule has 2 rings (SSSR count). The topological polar surface area (TPSA) is 81.4 Å². The molecular weight excluding hydrogens is 240 g/mol. The van der Waals surface area contributed by atoms with Crippen molar-refractivity contribution in [2.24, 2.45) is 5.73 Å². The lowest BCUT2D eigenvalue weighted by molar-refractivity contribution is 0.254. The zero-order chi connectivity index (χ0) is 12.5. The molecule has 94 valence electrons. The molecule has 0 bridgehead atoms. The van der Waals surface area contributed by atoms with Gasteiger partial charge < -0.3 is 10.5 Å². The van der Waals surface area contributed by atoms with Crippen LogP contribution in [-0.2, 0) is 16.4 Å². The van der Waals surface area contributed by atoms with E-state index in [2.05, 4.69) is 4.72 Å². The Morgan fingerprint density at radius 1 is 1.53 bits per heavy atom. The van der Waals surface area contributed by atoms with Gasteiger partial charge in [-0.25, -0.2) is 13.1 Å². The average Bonchev–Trinajstić information content (AvgIpc) is 2.65. The average molecular weight is 256 g/mol. The highest BCUT2D eigenvalue weighted by molar-refractivity contribution is 7.89. The van der Waals surface area contributed by atoms with Gasteiger partial charge in [-0.2, -0.15) is 0 Å². The summed E-state index contributed by atoms with van der Waals surface area (Å²) in [4.78, 5) is 0.266. The van der Waals surface area contributed by atoms with E-state index in [9.17, 15) is 8.42 Å².